The first-order valence-electron chi connectivity index (χ1n) is 9.94. The molecule has 6 nitrogen and oxygen atoms in total. The lowest BCUT2D eigenvalue weighted by molar-refractivity contribution is 0.0995. The Labute approximate surface area is 175 Å². The normalized spacial score (nSPS) is 14.5. The third-order valence-corrected chi connectivity index (χ3v) is 6.69. The van der Waals surface area contributed by atoms with Gasteiger partial charge in [0.1, 0.15) is 17.3 Å². The van der Waals surface area contributed by atoms with Gasteiger partial charge in [0.25, 0.3) is 5.91 Å². The van der Waals surface area contributed by atoms with Crippen LogP contribution in [0.15, 0.2) is 76.0 Å². The molecule has 7 heteroatoms. The van der Waals surface area contributed by atoms with Crippen LogP contribution in [0.4, 0.5) is 5.69 Å². The Kier molecular flexibility index (Phi) is 5.90. The van der Waals surface area contributed by atoms with Crippen LogP contribution in [-0.4, -0.2) is 20.4 Å². The second kappa shape index (κ2) is 8.75. The molecular formula is C23H23NO5S. The predicted octanol–water partition coefficient (Wildman–Crippen LogP) is 4.83. The molecule has 2 aromatic carbocycles. The van der Waals surface area contributed by atoms with Crippen molar-refractivity contribution in [1.29, 1.82) is 0 Å². The van der Waals surface area contributed by atoms with E-state index in [0.717, 1.165) is 18.6 Å². The number of carbonyl (C=O) groups excluding carboxylic acids is 1. The van der Waals surface area contributed by atoms with Gasteiger partial charge in [-0.05, 0) is 74.2 Å². The highest BCUT2D eigenvalue weighted by molar-refractivity contribution is 7.90. The molecule has 0 radical (unpaired) electrons. The standard InChI is InChI=1S/C23H23NO5S/c25-23(24-17-10-12-19(13-11-17)28-18-6-4-5-7-18)22-15-14-20(29-22)16-30(26,27)21-8-2-1-3-9-21/h1-3,8-15,18H,4-7,16H2,(H,24,25). The lowest BCUT2D eigenvalue weighted by Crippen LogP contribution is -2.12. The van der Waals surface area contributed by atoms with Gasteiger partial charge < -0.3 is 14.5 Å². The number of anilines is 1. The van der Waals surface area contributed by atoms with Crippen molar-refractivity contribution in [3.63, 3.8) is 0 Å². The zero-order chi connectivity index (χ0) is 21.0. The van der Waals surface area contributed by atoms with E-state index in [1.807, 2.05) is 12.1 Å². The fourth-order valence-corrected chi connectivity index (χ4v) is 4.75. The van der Waals surface area contributed by atoms with Crippen LogP contribution in [-0.2, 0) is 15.6 Å². The molecule has 30 heavy (non-hydrogen) atoms. The highest BCUT2D eigenvalue weighted by Gasteiger charge is 2.19. The number of furan rings is 1. The predicted molar refractivity (Wildman–Crippen MR) is 113 cm³/mol. The molecule has 0 aliphatic heterocycles. The molecule has 0 saturated heterocycles. The number of amides is 1. The molecule has 0 unspecified atom stereocenters. The molecule has 156 valence electrons. The number of rotatable bonds is 7. The molecule has 1 N–H and O–H groups in total. The van der Waals surface area contributed by atoms with E-state index >= 15 is 0 Å². The maximum absolute atomic E-state index is 12.5. The van der Waals surface area contributed by atoms with Gasteiger partial charge in [0.05, 0.1) is 11.0 Å². The minimum absolute atomic E-state index is 0.0551. The fraction of sp³-hybridized carbons (Fsp3) is 0.261. The number of nitrogens with one attached hydrogen (secondary N) is 1. The summed E-state index contributed by atoms with van der Waals surface area (Å²) in [7, 11) is -3.54. The monoisotopic (exact) mass is 425 g/mol. The zero-order valence-corrected chi connectivity index (χ0v) is 17.2. The molecular weight excluding hydrogens is 402 g/mol. The molecule has 1 aliphatic carbocycles. The Morgan fingerprint density at radius 1 is 0.967 bits per heavy atom. The molecule has 1 aliphatic rings. The van der Waals surface area contributed by atoms with Crippen molar-refractivity contribution in [2.45, 2.75) is 42.4 Å². The number of sulfone groups is 1. The summed E-state index contributed by atoms with van der Waals surface area (Å²) < 4.78 is 36.3. The van der Waals surface area contributed by atoms with E-state index in [2.05, 4.69) is 5.32 Å². The Bertz CT molecular complexity index is 1100. The van der Waals surface area contributed by atoms with Gasteiger partial charge in [-0.3, -0.25) is 4.79 Å². The fourth-order valence-electron chi connectivity index (χ4n) is 3.48. The summed E-state index contributed by atoms with van der Waals surface area (Å²) in [6.07, 6.45) is 4.85. The van der Waals surface area contributed by atoms with Gasteiger partial charge in [-0.2, -0.15) is 0 Å². The van der Waals surface area contributed by atoms with Crippen molar-refractivity contribution in [2.75, 3.05) is 5.32 Å². The number of benzene rings is 2. The van der Waals surface area contributed by atoms with E-state index in [1.54, 1.807) is 30.3 Å². The molecule has 1 aromatic heterocycles. The van der Waals surface area contributed by atoms with Crippen LogP contribution in [0.5, 0.6) is 5.75 Å². The first-order chi connectivity index (χ1) is 14.5. The van der Waals surface area contributed by atoms with Gasteiger partial charge in [0.15, 0.2) is 15.6 Å². The molecule has 1 saturated carbocycles. The third kappa shape index (κ3) is 4.91. The van der Waals surface area contributed by atoms with Crippen LogP contribution < -0.4 is 10.1 Å². The summed E-state index contributed by atoms with van der Waals surface area (Å²) in [6, 6.07) is 18.3. The largest absolute Gasteiger partial charge is 0.490 e. The number of carbonyl (C=O) groups is 1. The lowest BCUT2D eigenvalue weighted by atomic mass is 10.2. The highest BCUT2D eigenvalue weighted by atomic mass is 32.2. The Morgan fingerprint density at radius 3 is 2.37 bits per heavy atom. The minimum atomic E-state index is -3.54. The van der Waals surface area contributed by atoms with Crippen LogP contribution in [0.1, 0.15) is 42.0 Å². The van der Waals surface area contributed by atoms with Crippen molar-refractivity contribution in [3.8, 4) is 5.75 Å². The Morgan fingerprint density at radius 2 is 1.67 bits per heavy atom. The van der Waals surface area contributed by atoms with E-state index in [0.29, 0.717) is 5.69 Å². The lowest BCUT2D eigenvalue weighted by Gasteiger charge is -2.13. The van der Waals surface area contributed by atoms with E-state index < -0.39 is 15.7 Å². The number of ether oxygens (including phenoxy) is 1. The van der Waals surface area contributed by atoms with E-state index in [9.17, 15) is 13.2 Å². The summed E-state index contributed by atoms with van der Waals surface area (Å²) in [5.41, 5.74) is 0.605. The summed E-state index contributed by atoms with van der Waals surface area (Å²) >= 11 is 0. The van der Waals surface area contributed by atoms with E-state index in [-0.39, 0.29) is 28.3 Å². The SMILES string of the molecule is O=C(Nc1ccc(OC2CCCC2)cc1)c1ccc(CS(=O)(=O)c2ccccc2)o1. The average molecular weight is 426 g/mol. The van der Waals surface area contributed by atoms with Gasteiger partial charge in [-0.1, -0.05) is 18.2 Å². The zero-order valence-electron chi connectivity index (χ0n) is 16.4. The molecule has 1 amide bonds. The van der Waals surface area contributed by atoms with Crippen LogP contribution in [0.2, 0.25) is 0 Å². The first-order valence-corrected chi connectivity index (χ1v) is 11.6. The van der Waals surface area contributed by atoms with Gasteiger partial charge in [-0.25, -0.2) is 8.42 Å². The molecule has 0 spiro atoms. The van der Waals surface area contributed by atoms with Gasteiger partial charge >= 0.3 is 0 Å². The molecule has 0 atom stereocenters. The van der Waals surface area contributed by atoms with Crippen molar-refractivity contribution in [3.05, 3.63) is 78.3 Å². The van der Waals surface area contributed by atoms with Gasteiger partial charge in [0, 0.05) is 5.69 Å². The number of hydrogen-bond donors (Lipinski definition) is 1. The highest BCUT2D eigenvalue weighted by Crippen LogP contribution is 2.25. The topological polar surface area (TPSA) is 85.6 Å². The number of hydrogen-bond acceptors (Lipinski definition) is 5. The van der Waals surface area contributed by atoms with Crippen molar-refractivity contribution in [1.82, 2.24) is 0 Å². The van der Waals surface area contributed by atoms with Crippen LogP contribution in [0.25, 0.3) is 0 Å². The van der Waals surface area contributed by atoms with Crippen LogP contribution >= 0.6 is 0 Å². The summed E-state index contributed by atoms with van der Waals surface area (Å²) in [6.45, 7) is 0. The Balaban J connectivity index is 1.37. The van der Waals surface area contributed by atoms with Gasteiger partial charge in [0.2, 0.25) is 0 Å². The second-order valence-corrected chi connectivity index (χ2v) is 9.33. The first kappa shape index (κ1) is 20.2. The second-order valence-electron chi connectivity index (χ2n) is 7.34. The average Bonchev–Trinajstić information content (AvgIpc) is 3.42. The maximum Gasteiger partial charge on any atom is 0.291 e. The molecule has 1 fully saturated rings. The van der Waals surface area contributed by atoms with E-state index in [4.69, 9.17) is 9.15 Å². The van der Waals surface area contributed by atoms with Gasteiger partial charge in [-0.15, -0.1) is 0 Å². The minimum Gasteiger partial charge on any atom is -0.490 e. The van der Waals surface area contributed by atoms with Crippen molar-refractivity contribution >= 4 is 21.4 Å². The van der Waals surface area contributed by atoms with Crippen LogP contribution in [0, 0.1) is 0 Å². The molecule has 3 aromatic rings. The molecule has 0 bridgehead atoms. The summed E-state index contributed by atoms with van der Waals surface area (Å²) in [5, 5.41) is 2.75. The summed E-state index contributed by atoms with van der Waals surface area (Å²) in [4.78, 5) is 12.7. The summed E-state index contributed by atoms with van der Waals surface area (Å²) in [5.74, 6) is 0.301. The van der Waals surface area contributed by atoms with Crippen LogP contribution in [0.3, 0.4) is 0 Å². The molecule has 1 heterocycles. The van der Waals surface area contributed by atoms with E-state index in [1.165, 1.54) is 37.1 Å². The quantitative estimate of drug-likeness (QED) is 0.586. The smallest absolute Gasteiger partial charge is 0.291 e. The molecule has 4 rings (SSSR count). The third-order valence-electron chi connectivity index (χ3n) is 5.04. The van der Waals surface area contributed by atoms with Crippen molar-refractivity contribution in [2.24, 2.45) is 0 Å². The maximum atomic E-state index is 12.5. The Hall–Kier alpha value is -3.06. The van der Waals surface area contributed by atoms with Crippen molar-refractivity contribution < 1.29 is 22.4 Å².